The standard InChI is InChI=1S/C18H29N3O3S/c1-19-18(20-9-11-24-12-13-25(2,22)23)21-10-8-17(15-21)14-16-6-4-3-5-7-16/h3-7,17H,8-15H2,1-2H3,(H,19,20). The first-order chi connectivity index (χ1) is 12.0. The van der Waals surface area contributed by atoms with Crippen LogP contribution in [0.15, 0.2) is 35.3 Å². The number of hydrogen-bond acceptors (Lipinski definition) is 4. The molecule has 0 amide bonds. The second kappa shape index (κ2) is 9.77. The molecule has 1 aliphatic heterocycles. The molecular weight excluding hydrogens is 338 g/mol. The van der Waals surface area contributed by atoms with Crippen LogP contribution in [0.2, 0.25) is 0 Å². The van der Waals surface area contributed by atoms with Crippen molar-refractivity contribution in [2.75, 3.05) is 51.9 Å². The summed E-state index contributed by atoms with van der Waals surface area (Å²) in [4.78, 5) is 6.63. The number of aliphatic imine (C=N–C) groups is 1. The van der Waals surface area contributed by atoms with Gasteiger partial charge < -0.3 is 15.0 Å². The third-order valence-corrected chi connectivity index (χ3v) is 5.20. The van der Waals surface area contributed by atoms with E-state index in [0.29, 0.717) is 19.1 Å². The minimum absolute atomic E-state index is 0.0645. The Kier molecular flexibility index (Phi) is 7.71. The maximum atomic E-state index is 11.0. The Morgan fingerprint density at radius 2 is 2.08 bits per heavy atom. The van der Waals surface area contributed by atoms with Crippen LogP contribution in [0, 0.1) is 5.92 Å². The lowest BCUT2D eigenvalue weighted by molar-refractivity contribution is 0.153. The molecule has 1 heterocycles. The molecule has 1 fully saturated rings. The second-order valence-corrected chi connectivity index (χ2v) is 8.77. The van der Waals surface area contributed by atoms with Crippen molar-refractivity contribution in [3.8, 4) is 0 Å². The number of sulfone groups is 1. The highest BCUT2D eigenvalue weighted by Gasteiger charge is 2.24. The van der Waals surface area contributed by atoms with E-state index in [1.165, 1.54) is 18.2 Å². The fourth-order valence-electron chi connectivity index (χ4n) is 3.02. The Labute approximate surface area is 151 Å². The van der Waals surface area contributed by atoms with Crippen LogP contribution in [0.25, 0.3) is 0 Å². The van der Waals surface area contributed by atoms with Gasteiger partial charge in [0.1, 0.15) is 9.84 Å². The molecule has 1 aromatic carbocycles. The third-order valence-electron chi connectivity index (χ3n) is 4.29. The van der Waals surface area contributed by atoms with Crippen LogP contribution in [0.5, 0.6) is 0 Å². The van der Waals surface area contributed by atoms with E-state index in [1.54, 1.807) is 7.05 Å². The number of nitrogens with one attached hydrogen (secondary N) is 1. The molecular formula is C18H29N3O3S. The lowest BCUT2D eigenvalue weighted by Gasteiger charge is -2.21. The lowest BCUT2D eigenvalue weighted by atomic mass is 9.99. The van der Waals surface area contributed by atoms with Gasteiger partial charge in [0.25, 0.3) is 0 Å². The molecule has 0 aliphatic carbocycles. The van der Waals surface area contributed by atoms with Gasteiger partial charge in [-0.15, -0.1) is 0 Å². The van der Waals surface area contributed by atoms with Crippen molar-refractivity contribution in [2.45, 2.75) is 12.8 Å². The quantitative estimate of drug-likeness (QED) is 0.425. The van der Waals surface area contributed by atoms with Crippen LogP contribution in [0.1, 0.15) is 12.0 Å². The van der Waals surface area contributed by atoms with E-state index in [9.17, 15) is 8.42 Å². The number of hydrogen-bond donors (Lipinski definition) is 1. The molecule has 1 unspecified atom stereocenters. The molecule has 7 heteroatoms. The largest absolute Gasteiger partial charge is 0.379 e. The molecule has 1 atom stereocenters. The van der Waals surface area contributed by atoms with Gasteiger partial charge in [0.2, 0.25) is 0 Å². The first-order valence-corrected chi connectivity index (χ1v) is 10.8. The van der Waals surface area contributed by atoms with E-state index in [4.69, 9.17) is 4.74 Å². The van der Waals surface area contributed by atoms with Crippen LogP contribution in [0.4, 0.5) is 0 Å². The molecule has 2 rings (SSSR count). The molecule has 25 heavy (non-hydrogen) atoms. The maximum Gasteiger partial charge on any atom is 0.193 e. The van der Waals surface area contributed by atoms with Crippen molar-refractivity contribution in [1.82, 2.24) is 10.2 Å². The fourth-order valence-corrected chi connectivity index (χ4v) is 3.44. The van der Waals surface area contributed by atoms with Crippen molar-refractivity contribution in [2.24, 2.45) is 10.9 Å². The summed E-state index contributed by atoms with van der Waals surface area (Å²) in [6, 6.07) is 10.6. The van der Waals surface area contributed by atoms with Gasteiger partial charge in [-0.05, 0) is 24.3 Å². The number of ether oxygens (including phenoxy) is 1. The summed E-state index contributed by atoms with van der Waals surface area (Å²) in [5, 5.41) is 3.29. The number of nitrogens with zero attached hydrogens (tertiary/aromatic N) is 2. The Morgan fingerprint density at radius 1 is 1.32 bits per heavy atom. The summed E-state index contributed by atoms with van der Waals surface area (Å²) in [7, 11) is -1.17. The van der Waals surface area contributed by atoms with Gasteiger partial charge in [0.15, 0.2) is 5.96 Å². The zero-order valence-electron chi connectivity index (χ0n) is 15.1. The fraction of sp³-hybridized carbons (Fsp3) is 0.611. The van der Waals surface area contributed by atoms with Gasteiger partial charge in [-0.2, -0.15) is 0 Å². The van der Waals surface area contributed by atoms with Crippen molar-refractivity contribution in [3.05, 3.63) is 35.9 Å². The summed E-state index contributed by atoms with van der Waals surface area (Å²) in [6.07, 6.45) is 3.49. The van der Waals surface area contributed by atoms with E-state index in [1.807, 2.05) is 6.07 Å². The molecule has 0 saturated carbocycles. The van der Waals surface area contributed by atoms with Crippen molar-refractivity contribution >= 4 is 15.8 Å². The van der Waals surface area contributed by atoms with E-state index in [-0.39, 0.29) is 12.4 Å². The summed E-state index contributed by atoms with van der Waals surface area (Å²) in [5.41, 5.74) is 1.39. The predicted octanol–water partition coefficient (Wildman–Crippen LogP) is 1.19. The molecule has 140 valence electrons. The first-order valence-electron chi connectivity index (χ1n) is 8.73. The van der Waals surface area contributed by atoms with Crippen LogP contribution >= 0.6 is 0 Å². The number of likely N-dealkylation sites (tertiary alicyclic amines) is 1. The monoisotopic (exact) mass is 367 g/mol. The average Bonchev–Trinajstić information content (AvgIpc) is 3.02. The highest BCUT2D eigenvalue weighted by atomic mass is 32.2. The topological polar surface area (TPSA) is 71.0 Å². The number of benzene rings is 1. The minimum atomic E-state index is -2.95. The van der Waals surface area contributed by atoms with Crippen molar-refractivity contribution < 1.29 is 13.2 Å². The lowest BCUT2D eigenvalue weighted by Crippen LogP contribution is -2.41. The summed E-state index contributed by atoms with van der Waals surface area (Å²) in [6.45, 7) is 3.34. The summed E-state index contributed by atoms with van der Waals surface area (Å²) in [5.74, 6) is 1.60. The zero-order chi connectivity index (χ0) is 18.1. The Balaban J connectivity index is 1.67. The Hall–Kier alpha value is -1.60. The molecule has 1 aromatic rings. The van der Waals surface area contributed by atoms with Gasteiger partial charge in [-0.1, -0.05) is 30.3 Å². The molecule has 0 radical (unpaired) electrons. The van der Waals surface area contributed by atoms with E-state index in [2.05, 4.69) is 39.5 Å². The van der Waals surface area contributed by atoms with Crippen LogP contribution in [-0.2, 0) is 21.0 Å². The molecule has 0 spiro atoms. The minimum Gasteiger partial charge on any atom is -0.379 e. The summed E-state index contributed by atoms with van der Waals surface area (Å²) < 4.78 is 27.4. The van der Waals surface area contributed by atoms with Gasteiger partial charge in [-0.25, -0.2) is 8.42 Å². The highest BCUT2D eigenvalue weighted by molar-refractivity contribution is 7.90. The second-order valence-electron chi connectivity index (χ2n) is 6.51. The third kappa shape index (κ3) is 7.44. The number of guanidine groups is 1. The Bertz CT molecular complexity index is 647. The molecule has 1 aliphatic rings. The van der Waals surface area contributed by atoms with Gasteiger partial charge in [0.05, 0.1) is 19.0 Å². The van der Waals surface area contributed by atoms with E-state index in [0.717, 1.165) is 25.5 Å². The van der Waals surface area contributed by atoms with Crippen molar-refractivity contribution in [1.29, 1.82) is 0 Å². The normalized spacial score (nSPS) is 18.6. The molecule has 0 bridgehead atoms. The Morgan fingerprint density at radius 3 is 2.76 bits per heavy atom. The first kappa shape index (κ1) is 19.7. The van der Waals surface area contributed by atoms with Crippen LogP contribution in [-0.4, -0.2) is 71.2 Å². The average molecular weight is 368 g/mol. The maximum absolute atomic E-state index is 11.0. The van der Waals surface area contributed by atoms with Crippen LogP contribution < -0.4 is 5.32 Å². The van der Waals surface area contributed by atoms with E-state index < -0.39 is 9.84 Å². The van der Waals surface area contributed by atoms with E-state index >= 15 is 0 Å². The zero-order valence-corrected chi connectivity index (χ0v) is 16.0. The molecule has 6 nitrogen and oxygen atoms in total. The van der Waals surface area contributed by atoms with Crippen molar-refractivity contribution in [3.63, 3.8) is 0 Å². The molecule has 1 N–H and O–H groups in total. The van der Waals surface area contributed by atoms with Crippen LogP contribution in [0.3, 0.4) is 0 Å². The number of rotatable bonds is 8. The predicted molar refractivity (Wildman–Crippen MR) is 102 cm³/mol. The highest BCUT2D eigenvalue weighted by Crippen LogP contribution is 2.20. The molecule has 1 saturated heterocycles. The van der Waals surface area contributed by atoms with Gasteiger partial charge >= 0.3 is 0 Å². The van der Waals surface area contributed by atoms with Gasteiger partial charge in [-0.3, -0.25) is 4.99 Å². The molecule has 0 aromatic heterocycles. The summed E-state index contributed by atoms with van der Waals surface area (Å²) >= 11 is 0. The smallest absolute Gasteiger partial charge is 0.193 e. The van der Waals surface area contributed by atoms with Gasteiger partial charge in [0, 0.05) is 32.9 Å². The SMILES string of the molecule is CN=C(NCCOCCS(C)(=O)=O)N1CCC(Cc2ccccc2)C1.